The van der Waals surface area contributed by atoms with Crippen molar-refractivity contribution in [1.29, 1.82) is 0 Å². The van der Waals surface area contributed by atoms with Crippen LogP contribution in [0.1, 0.15) is 24.8 Å². The number of ether oxygens (including phenoxy) is 1. The normalized spacial score (nSPS) is 23.7. The van der Waals surface area contributed by atoms with Gasteiger partial charge in [-0.1, -0.05) is 23.7 Å². The molecular weight excluding hydrogens is 328 g/mol. The molecule has 2 aliphatic rings. The van der Waals surface area contributed by atoms with E-state index in [0.717, 1.165) is 31.4 Å². The Hall–Kier alpha value is -1.59. The minimum absolute atomic E-state index is 0.0344. The summed E-state index contributed by atoms with van der Waals surface area (Å²) in [4.78, 5) is 26.2. The number of amides is 2. The van der Waals surface area contributed by atoms with Crippen LogP contribution in [-0.4, -0.2) is 49.1 Å². The number of benzene rings is 1. The summed E-state index contributed by atoms with van der Waals surface area (Å²) < 4.78 is 5.50. The number of nitrogens with one attached hydrogen (secondary N) is 1. The van der Waals surface area contributed by atoms with E-state index >= 15 is 0 Å². The Balaban J connectivity index is 1.44. The highest BCUT2D eigenvalue weighted by Gasteiger charge is 2.34. The van der Waals surface area contributed by atoms with Crippen LogP contribution in [0.25, 0.3) is 0 Å². The number of rotatable bonds is 6. The zero-order valence-corrected chi connectivity index (χ0v) is 14.4. The SMILES string of the molecule is O=C(NCC1CCCO1)C1CC(=O)N(CCc2ccc(Cl)cc2)C1. The van der Waals surface area contributed by atoms with Crippen molar-refractivity contribution in [2.45, 2.75) is 31.8 Å². The lowest BCUT2D eigenvalue weighted by Crippen LogP contribution is -2.37. The van der Waals surface area contributed by atoms with Crippen LogP contribution in [0, 0.1) is 5.92 Å². The minimum atomic E-state index is -0.246. The lowest BCUT2D eigenvalue weighted by molar-refractivity contribution is -0.129. The van der Waals surface area contributed by atoms with E-state index in [1.54, 1.807) is 4.90 Å². The zero-order valence-electron chi connectivity index (χ0n) is 13.7. The summed E-state index contributed by atoms with van der Waals surface area (Å²) in [6, 6.07) is 7.64. The molecule has 0 radical (unpaired) electrons. The fraction of sp³-hybridized carbons (Fsp3) is 0.556. The number of hydrogen-bond donors (Lipinski definition) is 1. The molecule has 0 spiro atoms. The smallest absolute Gasteiger partial charge is 0.225 e. The molecule has 1 aromatic rings. The predicted molar refractivity (Wildman–Crippen MR) is 91.8 cm³/mol. The van der Waals surface area contributed by atoms with Crippen molar-refractivity contribution in [2.75, 3.05) is 26.2 Å². The molecule has 2 saturated heterocycles. The first kappa shape index (κ1) is 17.2. The average molecular weight is 351 g/mol. The van der Waals surface area contributed by atoms with Gasteiger partial charge < -0.3 is 15.0 Å². The maximum absolute atomic E-state index is 12.2. The van der Waals surface area contributed by atoms with Crippen LogP contribution in [0.2, 0.25) is 5.02 Å². The molecule has 0 aromatic heterocycles. The summed E-state index contributed by atoms with van der Waals surface area (Å²) in [6.07, 6.45) is 3.26. The van der Waals surface area contributed by atoms with Crippen molar-refractivity contribution in [3.8, 4) is 0 Å². The molecule has 0 bridgehead atoms. The first-order valence-electron chi connectivity index (χ1n) is 8.53. The van der Waals surface area contributed by atoms with Gasteiger partial charge in [0.2, 0.25) is 11.8 Å². The minimum Gasteiger partial charge on any atom is -0.376 e. The number of hydrogen-bond acceptors (Lipinski definition) is 3. The number of carbonyl (C=O) groups is 2. The first-order valence-corrected chi connectivity index (χ1v) is 8.91. The van der Waals surface area contributed by atoms with Crippen LogP contribution in [0.3, 0.4) is 0 Å². The second kappa shape index (κ2) is 7.99. The summed E-state index contributed by atoms with van der Waals surface area (Å²) in [7, 11) is 0. The Morgan fingerprint density at radius 2 is 2.12 bits per heavy atom. The molecule has 2 aliphatic heterocycles. The van der Waals surface area contributed by atoms with Crippen LogP contribution < -0.4 is 5.32 Å². The van der Waals surface area contributed by atoms with E-state index in [0.29, 0.717) is 31.1 Å². The predicted octanol–water partition coefficient (Wildman–Crippen LogP) is 2.03. The Labute approximate surface area is 147 Å². The fourth-order valence-electron chi connectivity index (χ4n) is 3.24. The quantitative estimate of drug-likeness (QED) is 0.854. The van der Waals surface area contributed by atoms with Crippen LogP contribution in [-0.2, 0) is 20.7 Å². The molecule has 1 aromatic carbocycles. The van der Waals surface area contributed by atoms with Gasteiger partial charge in [0.1, 0.15) is 0 Å². The van der Waals surface area contributed by atoms with Gasteiger partial charge in [-0.15, -0.1) is 0 Å². The molecular formula is C18H23ClN2O3. The second-order valence-electron chi connectivity index (χ2n) is 6.50. The van der Waals surface area contributed by atoms with Gasteiger partial charge in [0, 0.05) is 37.7 Å². The van der Waals surface area contributed by atoms with Gasteiger partial charge in [-0.2, -0.15) is 0 Å². The highest BCUT2D eigenvalue weighted by molar-refractivity contribution is 6.30. The molecule has 1 N–H and O–H groups in total. The van der Waals surface area contributed by atoms with Crippen molar-refractivity contribution in [1.82, 2.24) is 10.2 Å². The molecule has 6 heteroatoms. The Morgan fingerprint density at radius 1 is 1.33 bits per heavy atom. The molecule has 2 fully saturated rings. The molecule has 0 aliphatic carbocycles. The maximum atomic E-state index is 12.2. The average Bonchev–Trinajstić information content (AvgIpc) is 3.22. The summed E-state index contributed by atoms with van der Waals surface area (Å²) >= 11 is 5.87. The molecule has 130 valence electrons. The van der Waals surface area contributed by atoms with Crippen molar-refractivity contribution in [3.63, 3.8) is 0 Å². The molecule has 2 unspecified atom stereocenters. The maximum Gasteiger partial charge on any atom is 0.225 e. The van der Waals surface area contributed by atoms with Crippen molar-refractivity contribution in [3.05, 3.63) is 34.9 Å². The standard InChI is InChI=1S/C18H23ClN2O3/c19-15-5-3-13(4-6-15)7-8-21-12-14(10-17(21)22)18(23)20-11-16-2-1-9-24-16/h3-6,14,16H,1-2,7-12H2,(H,20,23). The van der Waals surface area contributed by atoms with Gasteiger partial charge in [0.15, 0.2) is 0 Å². The van der Waals surface area contributed by atoms with Crippen molar-refractivity contribution < 1.29 is 14.3 Å². The summed E-state index contributed by atoms with van der Waals surface area (Å²) in [5.41, 5.74) is 1.14. The third kappa shape index (κ3) is 4.48. The number of halogens is 1. The van der Waals surface area contributed by atoms with Gasteiger partial charge in [-0.05, 0) is 37.0 Å². The topological polar surface area (TPSA) is 58.6 Å². The van der Waals surface area contributed by atoms with E-state index in [1.165, 1.54) is 0 Å². The first-order chi connectivity index (χ1) is 11.6. The number of nitrogens with zero attached hydrogens (tertiary/aromatic N) is 1. The monoisotopic (exact) mass is 350 g/mol. The largest absolute Gasteiger partial charge is 0.376 e. The third-order valence-corrected chi connectivity index (χ3v) is 4.95. The Morgan fingerprint density at radius 3 is 2.83 bits per heavy atom. The van der Waals surface area contributed by atoms with Crippen molar-refractivity contribution in [2.24, 2.45) is 5.92 Å². The highest BCUT2D eigenvalue weighted by Crippen LogP contribution is 2.19. The number of likely N-dealkylation sites (tertiary alicyclic amines) is 1. The van der Waals surface area contributed by atoms with Crippen LogP contribution in [0.5, 0.6) is 0 Å². The lowest BCUT2D eigenvalue weighted by atomic mass is 10.1. The molecule has 2 amide bonds. The van der Waals surface area contributed by atoms with E-state index in [4.69, 9.17) is 16.3 Å². The van der Waals surface area contributed by atoms with Gasteiger partial charge in [-0.3, -0.25) is 9.59 Å². The Kier molecular flexibility index (Phi) is 5.74. The molecule has 3 rings (SSSR count). The third-order valence-electron chi connectivity index (χ3n) is 4.70. The van der Waals surface area contributed by atoms with Crippen LogP contribution >= 0.6 is 11.6 Å². The molecule has 5 nitrogen and oxygen atoms in total. The van der Waals surface area contributed by atoms with Gasteiger partial charge in [-0.25, -0.2) is 0 Å². The lowest BCUT2D eigenvalue weighted by Gasteiger charge is -2.17. The van der Waals surface area contributed by atoms with E-state index in [2.05, 4.69) is 5.32 Å². The van der Waals surface area contributed by atoms with E-state index in [1.807, 2.05) is 24.3 Å². The van der Waals surface area contributed by atoms with E-state index in [-0.39, 0.29) is 23.8 Å². The fourth-order valence-corrected chi connectivity index (χ4v) is 3.37. The zero-order chi connectivity index (χ0) is 16.9. The summed E-state index contributed by atoms with van der Waals surface area (Å²) in [5.74, 6) is -0.224. The second-order valence-corrected chi connectivity index (χ2v) is 6.93. The molecule has 2 heterocycles. The summed E-state index contributed by atoms with van der Waals surface area (Å²) in [6.45, 7) is 2.47. The molecule has 0 saturated carbocycles. The van der Waals surface area contributed by atoms with Gasteiger partial charge in [0.25, 0.3) is 0 Å². The summed E-state index contributed by atoms with van der Waals surface area (Å²) in [5, 5.41) is 3.64. The van der Waals surface area contributed by atoms with Gasteiger partial charge in [0.05, 0.1) is 12.0 Å². The van der Waals surface area contributed by atoms with Crippen molar-refractivity contribution >= 4 is 23.4 Å². The highest BCUT2D eigenvalue weighted by atomic mass is 35.5. The molecule has 2 atom stereocenters. The van der Waals surface area contributed by atoms with Crippen LogP contribution in [0.15, 0.2) is 24.3 Å². The van der Waals surface area contributed by atoms with E-state index < -0.39 is 0 Å². The van der Waals surface area contributed by atoms with Crippen LogP contribution in [0.4, 0.5) is 0 Å². The number of carbonyl (C=O) groups excluding carboxylic acids is 2. The molecule has 24 heavy (non-hydrogen) atoms. The van der Waals surface area contributed by atoms with E-state index in [9.17, 15) is 9.59 Å². The Bertz CT molecular complexity index is 584. The van der Waals surface area contributed by atoms with Gasteiger partial charge >= 0.3 is 0 Å².